The first-order valence-electron chi connectivity index (χ1n) is 5.23. The average molecular weight is 278 g/mol. The summed E-state index contributed by atoms with van der Waals surface area (Å²) in [6, 6.07) is 8.27. The molecule has 98 valence electrons. The molecule has 0 saturated heterocycles. The van der Waals surface area contributed by atoms with Gasteiger partial charge in [-0.2, -0.15) is 13.7 Å². The van der Waals surface area contributed by atoms with Crippen LogP contribution in [0.3, 0.4) is 0 Å². The number of H-pyrrole nitrogens is 1. The van der Waals surface area contributed by atoms with E-state index in [0.717, 1.165) is 0 Å². The Kier molecular flexibility index (Phi) is 3.68. The van der Waals surface area contributed by atoms with Crippen molar-refractivity contribution in [3.05, 3.63) is 36.8 Å². The molecule has 0 radical (unpaired) electrons. The number of hydrogen-bond donors (Lipinski definition) is 2. The smallest absolute Gasteiger partial charge is 0.279 e. The number of para-hydroxylation sites is 2. The van der Waals surface area contributed by atoms with Crippen molar-refractivity contribution >= 4 is 15.7 Å². The summed E-state index contributed by atoms with van der Waals surface area (Å²) < 4.78 is 31.5. The second-order valence-electron chi connectivity index (χ2n) is 3.46. The van der Waals surface area contributed by atoms with Crippen LogP contribution in [0.1, 0.15) is 0 Å². The van der Waals surface area contributed by atoms with Gasteiger partial charge in [0.05, 0.1) is 18.2 Å². The molecule has 0 aliphatic heterocycles. The van der Waals surface area contributed by atoms with E-state index in [9.17, 15) is 8.42 Å². The first-order chi connectivity index (χ1) is 9.13. The molecule has 0 amide bonds. The van der Waals surface area contributed by atoms with Crippen molar-refractivity contribution in [1.29, 1.82) is 5.26 Å². The van der Waals surface area contributed by atoms with Gasteiger partial charge in [-0.25, -0.2) is 4.98 Å². The summed E-state index contributed by atoms with van der Waals surface area (Å²) in [7, 11) is -3.75. The third-order valence-corrected chi connectivity index (χ3v) is 3.48. The monoisotopic (exact) mass is 278 g/mol. The van der Waals surface area contributed by atoms with E-state index in [4.69, 9.17) is 10.00 Å². The summed E-state index contributed by atoms with van der Waals surface area (Å²) in [5.74, 6) is 0.284. The van der Waals surface area contributed by atoms with Gasteiger partial charge >= 0.3 is 0 Å². The number of nitrogens with zero attached hydrogens (tertiary/aromatic N) is 2. The molecule has 19 heavy (non-hydrogen) atoms. The lowest BCUT2D eigenvalue weighted by Gasteiger charge is -2.10. The van der Waals surface area contributed by atoms with E-state index in [1.807, 2.05) is 6.07 Å². The molecule has 8 heteroatoms. The van der Waals surface area contributed by atoms with Gasteiger partial charge in [-0.1, -0.05) is 12.1 Å². The molecule has 7 nitrogen and oxygen atoms in total. The minimum atomic E-state index is -3.75. The fourth-order valence-electron chi connectivity index (χ4n) is 1.38. The maximum absolute atomic E-state index is 12.0. The van der Waals surface area contributed by atoms with Crippen LogP contribution in [0.4, 0.5) is 5.69 Å². The van der Waals surface area contributed by atoms with E-state index >= 15 is 0 Å². The Morgan fingerprint density at radius 1 is 1.42 bits per heavy atom. The van der Waals surface area contributed by atoms with Crippen LogP contribution in [0.25, 0.3) is 0 Å². The fourth-order valence-corrected chi connectivity index (χ4v) is 2.35. The third kappa shape index (κ3) is 3.02. The molecule has 0 atom stereocenters. The first kappa shape index (κ1) is 12.9. The highest BCUT2D eigenvalue weighted by molar-refractivity contribution is 7.92. The Morgan fingerprint density at radius 2 is 2.21 bits per heavy atom. The van der Waals surface area contributed by atoms with Crippen molar-refractivity contribution in [3.8, 4) is 11.8 Å². The molecule has 0 fully saturated rings. The number of hydrogen-bond acceptors (Lipinski definition) is 5. The van der Waals surface area contributed by atoms with Crippen LogP contribution in [0.2, 0.25) is 0 Å². The second kappa shape index (κ2) is 5.41. The maximum Gasteiger partial charge on any atom is 0.279 e. The summed E-state index contributed by atoms with van der Waals surface area (Å²) in [5, 5.41) is 8.42. The zero-order chi connectivity index (χ0) is 13.7. The third-order valence-electron chi connectivity index (χ3n) is 2.19. The van der Waals surface area contributed by atoms with Crippen molar-refractivity contribution in [1.82, 2.24) is 9.97 Å². The molecule has 1 aromatic carbocycles. The lowest BCUT2D eigenvalue weighted by Crippen LogP contribution is -2.14. The number of rotatable bonds is 5. The lowest BCUT2D eigenvalue weighted by atomic mass is 10.3. The van der Waals surface area contributed by atoms with Crippen LogP contribution in [0, 0.1) is 11.3 Å². The number of nitriles is 1. The van der Waals surface area contributed by atoms with E-state index in [1.54, 1.807) is 24.3 Å². The summed E-state index contributed by atoms with van der Waals surface area (Å²) in [6.45, 7) is -0.164. The largest absolute Gasteiger partial charge is 0.477 e. The molecule has 1 aromatic heterocycles. The first-order valence-corrected chi connectivity index (χ1v) is 6.72. The minimum absolute atomic E-state index is 0.0532. The maximum atomic E-state index is 12.0. The van der Waals surface area contributed by atoms with Gasteiger partial charge in [-0.15, -0.1) is 0 Å². The number of aromatic nitrogens is 2. The molecule has 2 aromatic rings. The topological polar surface area (TPSA) is 108 Å². The number of nitrogens with one attached hydrogen (secondary N) is 2. The van der Waals surface area contributed by atoms with Crippen LogP contribution < -0.4 is 9.46 Å². The predicted molar refractivity (Wildman–Crippen MR) is 66.9 cm³/mol. The number of benzene rings is 1. The van der Waals surface area contributed by atoms with Crippen molar-refractivity contribution in [3.63, 3.8) is 0 Å². The Bertz CT molecular complexity index is 689. The van der Waals surface area contributed by atoms with Crippen molar-refractivity contribution in [2.75, 3.05) is 11.3 Å². The van der Waals surface area contributed by atoms with Crippen LogP contribution in [-0.2, 0) is 10.0 Å². The fraction of sp³-hybridized carbons (Fsp3) is 0.0909. The van der Waals surface area contributed by atoms with Gasteiger partial charge in [0.15, 0.2) is 11.6 Å². The predicted octanol–water partition coefficient (Wildman–Crippen LogP) is 1.11. The van der Waals surface area contributed by atoms with Gasteiger partial charge in [0, 0.05) is 0 Å². The van der Waals surface area contributed by atoms with Gasteiger partial charge in [-0.3, -0.25) is 4.72 Å². The van der Waals surface area contributed by atoms with E-state index in [1.165, 1.54) is 12.5 Å². The quantitative estimate of drug-likeness (QED) is 0.851. The molecular formula is C11H10N4O3S. The molecule has 2 N–H and O–H groups in total. The highest BCUT2D eigenvalue weighted by Crippen LogP contribution is 2.25. The summed E-state index contributed by atoms with van der Waals surface area (Å²) >= 11 is 0. The van der Waals surface area contributed by atoms with Crippen molar-refractivity contribution < 1.29 is 13.2 Å². The Morgan fingerprint density at radius 3 is 2.89 bits per heavy atom. The Balaban J connectivity index is 2.27. The van der Waals surface area contributed by atoms with Crippen LogP contribution >= 0.6 is 0 Å². The number of imidazole rings is 1. The average Bonchev–Trinajstić information content (AvgIpc) is 2.92. The minimum Gasteiger partial charge on any atom is -0.477 e. The van der Waals surface area contributed by atoms with Gasteiger partial charge < -0.3 is 9.72 Å². The normalized spacial score (nSPS) is 10.7. The van der Waals surface area contributed by atoms with E-state index in [-0.39, 0.29) is 23.1 Å². The molecule has 0 aliphatic rings. The number of aromatic amines is 1. The SMILES string of the molecule is N#CCOc1ccccc1NS(=O)(=O)c1cnc[nH]1. The van der Waals surface area contributed by atoms with Gasteiger partial charge in [-0.05, 0) is 12.1 Å². The standard InChI is InChI=1S/C11H10N4O3S/c12-5-6-18-10-4-2-1-3-9(10)15-19(16,17)11-7-13-8-14-11/h1-4,7-8,15H,6H2,(H,13,14). The molecule has 0 unspecified atom stereocenters. The van der Waals surface area contributed by atoms with E-state index in [0.29, 0.717) is 0 Å². The summed E-state index contributed by atoms with van der Waals surface area (Å²) in [5.41, 5.74) is 0.257. The number of ether oxygens (including phenoxy) is 1. The van der Waals surface area contributed by atoms with Gasteiger partial charge in [0.25, 0.3) is 10.0 Å². The van der Waals surface area contributed by atoms with Crippen LogP contribution in [0.5, 0.6) is 5.75 Å². The highest BCUT2D eigenvalue weighted by Gasteiger charge is 2.17. The molecule has 0 saturated carbocycles. The van der Waals surface area contributed by atoms with Crippen molar-refractivity contribution in [2.24, 2.45) is 0 Å². The van der Waals surface area contributed by atoms with Crippen LogP contribution in [0.15, 0.2) is 41.8 Å². The number of anilines is 1. The Labute approximate surface area is 109 Å². The van der Waals surface area contributed by atoms with Crippen LogP contribution in [-0.4, -0.2) is 25.0 Å². The van der Waals surface area contributed by atoms with E-state index in [2.05, 4.69) is 14.7 Å². The lowest BCUT2D eigenvalue weighted by molar-refractivity contribution is 0.370. The molecule has 1 heterocycles. The summed E-state index contributed by atoms with van der Waals surface area (Å²) in [4.78, 5) is 6.16. The zero-order valence-corrected chi connectivity index (χ0v) is 10.5. The van der Waals surface area contributed by atoms with Gasteiger partial charge in [0.1, 0.15) is 11.8 Å². The zero-order valence-electron chi connectivity index (χ0n) is 9.70. The van der Waals surface area contributed by atoms with Gasteiger partial charge in [0.2, 0.25) is 0 Å². The molecule has 0 spiro atoms. The molecule has 0 bridgehead atoms. The summed E-state index contributed by atoms with van der Waals surface area (Å²) in [6.07, 6.45) is 2.47. The molecule has 0 aliphatic carbocycles. The second-order valence-corrected chi connectivity index (χ2v) is 5.12. The molecular weight excluding hydrogens is 268 g/mol. The molecule has 2 rings (SSSR count). The number of sulfonamides is 1. The Hall–Kier alpha value is -2.53. The van der Waals surface area contributed by atoms with E-state index < -0.39 is 10.0 Å². The highest BCUT2D eigenvalue weighted by atomic mass is 32.2. The van der Waals surface area contributed by atoms with Crippen molar-refractivity contribution in [2.45, 2.75) is 5.03 Å².